The van der Waals surface area contributed by atoms with Crippen molar-refractivity contribution in [2.24, 2.45) is 5.92 Å². The second-order valence-electron chi connectivity index (χ2n) is 4.62. The van der Waals surface area contributed by atoms with Gasteiger partial charge in [-0.2, -0.15) is 13.2 Å². The molecule has 0 aliphatic carbocycles. The van der Waals surface area contributed by atoms with Crippen LogP contribution in [0, 0.1) is 5.92 Å². The van der Waals surface area contributed by atoms with Crippen LogP contribution in [0.15, 0.2) is 29.2 Å². The number of hydrogen-bond acceptors (Lipinski definition) is 2. The highest BCUT2D eigenvalue weighted by atomic mass is 32.2. The molecule has 2 nitrogen and oxygen atoms in total. The minimum Gasteiger partial charge on any atom is -0.223 e. The molecule has 1 rings (SSSR count). The van der Waals surface area contributed by atoms with Gasteiger partial charge in [-0.05, 0) is 30.0 Å². The van der Waals surface area contributed by atoms with Crippen LogP contribution in [0.5, 0.6) is 0 Å². The zero-order valence-electron chi connectivity index (χ0n) is 10.2. The molecule has 0 saturated heterocycles. The first-order valence-corrected chi connectivity index (χ1v) is 7.14. The average molecular weight is 280 g/mol. The van der Waals surface area contributed by atoms with E-state index in [0.29, 0.717) is 5.92 Å². The predicted molar refractivity (Wildman–Crippen MR) is 63.1 cm³/mol. The molecule has 0 aromatic heterocycles. The number of rotatable bonds is 4. The van der Waals surface area contributed by atoms with Crippen molar-refractivity contribution in [3.8, 4) is 0 Å². The van der Waals surface area contributed by atoms with E-state index in [2.05, 4.69) is 0 Å². The van der Waals surface area contributed by atoms with Crippen molar-refractivity contribution in [3.05, 3.63) is 29.8 Å². The summed E-state index contributed by atoms with van der Waals surface area (Å²) < 4.78 is 59.2. The van der Waals surface area contributed by atoms with Gasteiger partial charge in [0.15, 0.2) is 15.6 Å². The molecule has 1 aromatic carbocycles. The number of hydrogen-bond donors (Lipinski definition) is 0. The number of halogens is 3. The van der Waals surface area contributed by atoms with Crippen molar-refractivity contribution >= 4 is 9.84 Å². The van der Waals surface area contributed by atoms with Crippen LogP contribution in [0.1, 0.15) is 19.4 Å². The molecule has 0 aliphatic rings. The highest BCUT2D eigenvalue weighted by Crippen LogP contribution is 2.23. The van der Waals surface area contributed by atoms with Gasteiger partial charge in [-0.15, -0.1) is 0 Å². The maximum atomic E-state index is 12.1. The van der Waals surface area contributed by atoms with Gasteiger partial charge in [-0.25, -0.2) is 8.42 Å². The molecule has 6 heteroatoms. The van der Waals surface area contributed by atoms with Crippen LogP contribution in [-0.4, -0.2) is 20.3 Å². The minimum absolute atomic E-state index is 0.285. The zero-order valence-corrected chi connectivity index (χ0v) is 11.0. The molecule has 0 fully saturated rings. The molecule has 0 bridgehead atoms. The van der Waals surface area contributed by atoms with Crippen LogP contribution < -0.4 is 0 Å². The lowest BCUT2D eigenvalue weighted by atomic mass is 10.0. The Morgan fingerprint density at radius 2 is 1.61 bits per heavy atom. The zero-order chi connectivity index (χ0) is 14.0. The van der Waals surface area contributed by atoms with Gasteiger partial charge in [0, 0.05) is 0 Å². The Labute approximate surface area is 105 Å². The topological polar surface area (TPSA) is 34.1 Å². The van der Waals surface area contributed by atoms with Gasteiger partial charge in [0.1, 0.15) is 0 Å². The van der Waals surface area contributed by atoms with Gasteiger partial charge < -0.3 is 0 Å². The van der Waals surface area contributed by atoms with Gasteiger partial charge in [0.25, 0.3) is 0 Å². The van der Waals surface area contributed by atoms with Crippen molar-refractivity contribution in [2.45, 2.75) is 31.3 Å². The van der Waals surface area contributed by atoms with Gasteiger partial charge in [0.05, 0.1) is 4.90 Å². The second kappa shape index (κ2) is 5.30. The molecule has 0 atom stereocenters. The molecule has 0 aliphatic heterocycles. The first kappa shape index (κ1) is 15.0. The monoisotopic (exact) mass is 280 g/mol. The van der Waals surface area contributed by atoms with Crippen LogP contribution in [0.25, 0.3) is 0 Å². The van der Waals surface area contributed by atoms with Gasteiger partial charge in [-0.3, -0.25) is 0 Å². The highest BCUT2D eigenvalue weighted by molar-refractivity contribution is 7.91. The van der Waals surface area contributed by atoms with E-state index in [-0.39, 0.29) is 4.90 Å². The molecule has 0 amide bonds. The van der Waals surface area contributed by atoms with Crippen LogP contribution in [0.2, 0.25) is 0 Å². The van der Waals surface area contributed by atoms with Crippen LogP contribution in [-0.2, 0) is 16.3 Å². The number of sulfone groups is 1. The molecule has 0 radical (unpaired) electrons. The fourth-order valence-corrected chi connectivity index (χ4v) is 2.75. The van der Waals surface area contributed by atoms with E-state index in [0.717, 1.165) is 12.0 Å². The Bertz CT molecular complexity index is 487. The third-order valence-corrected chi connectivity index (χ3v) is 3.98. The number of alkyl halides is 3. The van der Waals surface area contributed by atoms with Crippen LogP contribution in [0.3, 0.4) is 0 Å². The van der Waals surface area contributed by atoms with Gasteiger partial charge in [0.2, 0.25) is 0 Å². The fourth-order valence-electron chi connectivity index (χ4n) is 1.60. The summed E-state index contributed by atoms with van der Waals surface area (Å²) in [4.78, 5) is -0.285. The Kier molecular flexibility index (Phi) is 4.42. The third-order valence-electron chi connectivity index (χ3n) is 2.28. The Hall–Kier alpha value is -1.04. The lowest BCUT2D eigenvalue weighted by Gasteiger charge is -2.09. The molecule has 102 valence electrons. The lowest BCUT2D eigenvalue weighted by molar-refractivity contribution is -0.106. The largest absolute Gasteiger partial charge is 0.403 e. The second-order valence-corrected chi connectivity index (χ2v) is 6.61. The molecule has 0 heterocycles. The SMILES string of the molecule is CC(C)Cc1ccc(S(=O)(=O)CC(F)(F)F)cc1. The summed E-state index contributed by atoms with van der Waals surface area (Å²) in [5.41, 5.74) is 0.913. The summed E-state index contributed by atoms with van der Waals surface area (Å²) in [6.45, 7) is 4.02. The standard InChI is InChI=1S/C12H15F3O2S/c1-9(2)7-10-3-5-11(6-4-10)18(16,17)8-12(13,14)15/h3-6,9H,7-8H2,1-2H3. The first-order valence-electron chi connectivity index (χ1n) is 5.48. The molecular formula is C12H15F3O2S. The summed E-state index contributed by atoms with van der Waals surface area (Å²) in [6, 6.07) is 5.59. The van der Waals surface area contributed by atoms with E-state index < -0.39 is 21.8 Å². The Morgan fingerprint density at radius 3 is 2.00 bits per heavy atom. The van der Waals surface area contributed by atoms with E-state index >= 15 is 0 Å². The van der Waals surface area contributed by atoms with E-state index in [9.17, 15) is 21.6 Å². The maximum absolute atomic E-state index is 12.1. The van der Waals surface area contributed by atoms with Crippen molar-refractivity contribution in [1.82, 2.24) is 0 Å². The quantitative estimate of drug-likeness (QED) is 0.848. The molecule has 0 spiro atoms. The maximum Gasteiger partial charge on any atom is 0.403 e. The molecule has 18 heavy (non-hydrogen) atoms. The first-order chi connectivity index (χ1) is 8.10. The Balaban J connectivity index is 2.91. The van der Waals surface area contributed by atoms with Gasteiger partial charge >= 0.3 is 6.18 Å². The predicted octanol–water partition coefficient (Wildman–Crippen LogP) is 3.22. The summed E-state index contributed by atoms with van der Waals surface area (Å²) in [6.07, 6.45) is -3.95. The van der Waals surface area contributed by atoms with E-state index in [1.54, 1.807) is 12.1 Å². The fraction of sp³-hybridized carbons (Fsp3) is 0.500. The minimum atomic E-state index is -4.71. The summed E-state index contributed by atoms with van der Waals surface area (Å²) in [7, 11) is -4.29. The average Bonchev–Trinajstić information content (AvgIpc) is 2.13. The van der Waals surface area contributed by atoms with Crippen LogP contribution >= 0.6 is 0 Å². The smallest absolute Gasteiger partial charge is 0.223 e. The molecular weight excluding hydrogens is 265 g/mol. The lowest BCUT2D eigenvalue weighted by Crippen LogP contribution is -2.22. The van der Waals surface area contributed by atoms with E-state index in [1.165, 1.54) is 12.1 Å². The van der Waals surface area contributed by atoms with E-state index in [4.69, 9.17) is 0 Å². The molecule has 0 unspecified atom stereocenters. The molecule has 0 N–H and O–H groups in total. The Morgan fingerprint density at radius 1 is 1.11 bits per heavy atom. The van der Waals surface area contributed by atoms with Crippen molar-refractivity contribution in [1.29, 1.82) is 0 Å². The highest BCUT2D eigenvalue weighted by Gasteiger charge is 2.35. The van der Waals surface area contributed by atoms with Gasteiger partial charge in [-0.1, -0.05) is 26.0 Å². The molecule has 0 saturated carbocycles. The van der Waals surface area contributed by atoms with Crippen molar-refractivity contribution in [3.63, 3.8) is 0 Å². The molecule has 1 aromatic rings. The summed E-state index contributed by atoms with van der Waals surface area (Å²) >= 11 is 0. The summed E-state index contributed by atoms with van der Waals surface area (Å²) in [5.74, 6) is -1.41. The van der Waals surface area contributed by atoms with E-state index in [1.807, 2.05) is 13.8 Å². The summed E-state index contributed by atoms with van der Waals surface area (Å²) in [5, 5.41) is 0. The normalized spacial score (nSPS) is 13.0. The third kappa shape index (κ3) is 4.68. The van der Waals surface area contributed by atoms with Crippen molar-refractivity contribution < 1.29 is 21.6 Å². The van der Waals surface area contributed by atoms with Crippen LogP contribution in [0.4, 0.5) is 13.2 Å². The number of benzene rings is 1. The van der Waals surface area contributed by atoms with Crippen molar-refractivity contribution in [2.75, 3.05) is 5.75 Å².